The fourth-order valence-electron chi connectivity index (χ4n) is 3.93. The molecule has 0 saturated carbocycles. The standard InChI is InChI=1S/C32H29N3O3/c1-3-38-30-19-18-25-14-10-11-17-27(25)28(30)22-33-35-32(37)29(34-31(36)26-15-8-5-9-16-26)21-23(2)20-24-12-6-4-7-13-24/h4-22H,3H2,1-2H3,(H,34,36)(H,35,37)/b23-20-,29-21-,33-22?. The smallest absolute Gasteiger partial charge is 0.287 e. The summed E-state index contributed by atoms with van der Waals surface area (Å²) >= 11 is 0. The fraction of sp³-hybridized carbons (Fsp3) is 0.0938. The van der Waals surface area contributed by atoms with Crippen LogP contribution >= 0.6 is 0 Å². The fourth-order valence-corrected chi connectivity index (χ4v) is 3.93. The molecule has 0 aliphatic heterocycles. The van der Waals surface area contributed by atoms with E-state index >= 15 is 0 Å². The number of hydrogen-bond acceptors (Lipinski definition) is 4. The summed E-state index contributed by atoms with van der Waals surface area (Å²) in [5.74, 6) is -0.278. The maximum absolute atomic E-state index is 13.2. The van der Waals surface area contributed by atoms with Gasteiger partial charge in [-0.2, -0.15) is 5.10 Å². The Labute approximate surface area is 222 Å². The lowest BCUT2D eigenvalue weighted by Crippen LogP contribution is -2.33. The summed E-state index contributed by atoms with van der Waals surface area (Å²) in [4.78, 5) is 26.0. The van der Waals surface area contributed by atoms with Crippen molar-refractivity contribution in [1.29, 1.82) is 0 Å². The van der Waals surface area contributed by atoms with Gasteiger partial charge >= 0.3 is 0 Å². The van der Waals surface area contributed by atoms with Crippen LogP contribution in [-0.2, 0) is 4.79 Å². The lowest BCUT2D eigenvalue weighted by atomic mass is 10.0. The van der Waals surface area contributed by atoms with E-state index < -0.39 is 11.8 Å². The molecular formula is C32H29N3O3. The predicted molar refractivity (Wildman–Crippen MR) is 153 cm³/mol. The molecule has 6 nitrogen and oxygen atoms in total. The first-order valence-electron chi connectivity index (χ1n) is 12.3. The highest BCUT2D eigenvalue weighted by Crippen LogP contribution is 2.26. The van der Waals surface area contributed by atoms with Crippen molar-refractivity contribution >= 4 is 34.9 Å². The first-order valence-corrected chi connectivity index (χ1v) is 12.3. The molecule has 0 atom stereocenters. The molecule has 0 heterocycles. The molecule has 4 rings (SSSR count). The molecule has 0 aliphatic carbocycles. The minimum atomic E-state index is -0.551. The number of amides is 2. The molecule has 0 fully saturated rings. The van der Waals surface area contributed by atoms with Crippen molar-refractivity contribution in [3.8, 4) is 5.75 Å². The lowest BCUT2D eigenvalue weighted by Gasteiger charge is -2.11. The molecule has 190 valence electrons. The number of rotatable bonds is 9. The van der Waals surface area contributed by atoms with Crippen molar-refractivity contribution in [2.24, 2.45) is 5.10 Å². The number of allylic oxidation sites excluding steroid dienone is 2. The zero-order valence-corrected chi connectivity index (χ0v) is 21.3. The summed E-state index contributed by atoms with van der Waals surface area (Å²) in [5, 5.41) is 8.92. The molecule has 38 heavy (non-hydrogen) atoms. The SMILES string of the molecule is CCOc1ccc2ccccc2c1C=NNC(=O)/C(=C/C(C)=C\c1ccccc1)NC(=O)c1ccccc1. The summed E-state index contributed by atoms with van der Waals surface area (Å²) in [5.41, 5.74) is 5.59. The normalized spacial score (nSPS) is 11.9. The Morgan fingerprint density at radius 2 is 1.55 bits per heavy atom. The molecule has 2 amide bonds. The minimum absolute atomic E-state index is 0.0728. The summed E-state index contributed by atoms with van der Waals surface area (Å²) < 4.78 is 5.78. The molecule has 0 radical (unpaired) electrons. The van der Waals surface area contributed by atoms with E-state index in [1.807, 2.05) is 92.7 Å². The minimum Gasteiger partial charge on any atom is -0.493 e. The van der Waals surface area contributed by atoms with Crippen molar-refractivity contribution < 1.29 is 14.3 Å². The van der Waals surface area contributed by atoms with Crippen LogP contribution in [0.25, 0.3) is 16.8 Å². The van der Waals surface area contributed by atoms with Gasteiger partial charge in [0.05, 0.1) is 12.8 Å². The van der Waals surface area contributed by atoms with Gasteiger partial charge in [-0.25, -0.2) is 5.43 Å². The van der Waals surface area contributed by atoms with Gasteiger partial charge < -0.3 is 10.1 Å². The second-order valence-electron chi connectivity index (χ2n) is 8.51. The number of carbonyl (C=O) groups excluding carboxylic acids is 2. The monoisotopic (exact) mass is 503 g/mol. The van der Waals surface area contributed by atoms with E-state index in [-0.39, 0.29) is 5.70 Å². The van der Waals surface area contributed by atoms with Gasteiger partial charge in [0, 0.05) is 11.1 Å². The van der Waals surface area contributed by atoms with Crippen molar-refractivity contribution in [2.75, 3.05) is 6.61 Å². The Morgan fingerprint density at radius 1 is 0.868 bits per heavy atom. The molecule has 0 spiro atoms. The van der Waals surface area contributed by atoms with Gasteiger partial charge in [-0.05, 0) is 60.0 Å². The summed E-state index contributed by atoms with van der Waals surface area (Å²) in [6, 6.07) is 30.2. The van der Waals surface area contributed by atoms with E-state index in [1.54, 1.807) is 36.6 Å². The first kappa shape index (κ1) is 26.1. The number of fused-ring (bicyclic) bond motifs is 1. The van der Waals surface area contributed by atoms with Crippen LogP contribution in [0.4, 0.5) is 0 Å². The van der Waals surface area contributed by atoms with Crippen LogP contribution < -0.4 is 15.5 Å². The third kappa shape index (κ3) is 6.83. The Kier molecular flexibility index (Phi) is 8.81. The van der Waals surface area contributed by atoms with Gasteiger partial charge in [0.25, 0.3) is 11.8 Å². The Bertz CT molecular complexity index is 1510. The predicted octanol–water partition coefficient (Wildman–Crippen LogP) is 6.11. The van der Waals surface area contributed by atoms with Gasteiger partial charge in [-0.1, -0.05) is 84.9 Å². The lowest BCUT2D eigenvalue weighted by molar-refractivity contribution is -0.117. The molecule has 0 bridgehead atoms. The highest BCUT2D eigenvalue weighted by atomic mass is 16.5. The van der Waals surface area contributed by atoms with E-state index in [0.717, 1.165) is 27.5 Å². The van der Waals surface area contributed by atoms with Gasteiger partial charge in [0.1, 0.15) is 11.4 Å². The number of hydrogen-bond donors (Lipinski definition) is 2. The molecule has 4 aromatic rings. The van der Waals surface area contributed by atoms with Gasteiger partial charge in [-0.15, -0.1) is 0 Å². The summed E-state index contributed by atoms with van der Waals surface area (Å²) in [6.07, 6.45) is 5.12. The largest absolute Gasteiger partial charge is 0.493 e. The zero-order valence-electron chi connectivity index (χ0n) is 21.3. The van der Waals surface area contributed by atoms with Crippen LogP contribution in [0.5, 0.6) is 5.75 Å². The molecule has 0 aliphatic rings. The number of carbonyl (C=O) groups is 2. The number of hydrazone groups is 1. The highest BCUT2D eigenvalue weighted by Gasteiger charge is 2.14. The van der Waals surface area contributed by atoms with Crippen molar-refractivity contribution in [1.82, 2.24) is 10.7 Å². The highest BCUT2D eigenvalue weighted by molar-refractivity contribution is 6.05. The van der Waals surface area contributed by atoms with E-state index in [9.17, 15) is 9.59 Å². The summed E-state index contributed by atoms with van der Waals surface area (Å²) in [7, 11) is 0. The van der Waals surface area contributed by atoms with Crippen LogP contribution in [0.1, 0.15) is 35.3 Å². The van der Waals surface area contributed by atoms with Crippen molar-refractivity contribution in [2.45, 2.75) is 13.8 Å². The number of nitrogens with zero attached hydrogens (tertiary/aromatic N) is 1. The number of benzene rings is 4. The van der Waals surface area contributed by atoms with Crippen LogP contribution in [0.3, 0.4) is 0 Å². The quantitative estimate of drug-likeness (QED) is 0.125. The maximum atomic E-state index is 13.2. The second-order valence-corrected chi connectivity index (χ2v) is 8.51. The second kappa shape index (κ2) is 12.8. The molecule has 4 aromatic carbocycles. The average Bonchev–Trinajstić information content (AvgIpc) is 2.94. The van der Waals surface area contributed by atoms with Gasteiger partial charge in [0.2, 0.25) is 0 Å². The van der Waals surface area contributed by atoms with E-state index in [4.69, 9.17) is 4.74 Å². The molecule has 0 unspecified atom stereocenters. The molecule has 0 aromatic heterocycles. The third-order valence-corrected chi connectivity index (χ3v) is 5.68. The van der Waals surface area contributed by atoms with E-state index in [1.165, 1.54) is 0 Å². The summed E-state index contributed by atoms with van der Waals surface area (Å²) in [6.45, 7) is 4.27. The topological polar surface area (TPSA) is 79.8 Å². The van der Waals surface area contributed by atoms with Gasteiger partial charge in [0.15, 0.2) is 0 Å². The van der Waals surface area contributed by atoms with E-state index in [2.05, 4.69) is 15.8 Å². The Hall–Kier alpha value is -4.97. The van der Waals surface area contributed by atoms with Crippen LogP contribution in [0, 0.1) is 0 Å². The van der Waals surface area contributed by atoms with Crippen LogP contribution in [0.15, 0.2) is 120 Å². The number of nitrogens with one attached hydrogen (secondary N) is 2. The van der Waals surface area contributed by atoms with Crippen LogP contribution in [0.2, 0.25) is 0 Å². The van der Waals surface area contributed by atoms with Gasteiger partial charge in [-0.3, -0.25) is 9.59 Å². The first-order chi connectivity index (χ1) is 18.5. The van der Waals surface area contributed by atoms with Crippen molar-refractivity contribution in [3.63, 3.8) is 0 Å². The molecule has 2 N–H and O–H groups in total. The number of ether oxygens (including phenoxy) is 1. The molecule has 6 heteroatoms. The third-order valence-electron chi connectivity index (χ3n) is 5.68. The maximum Gasteiger partial charge on any atom is 0.287 e. The Balaban J connectivity index is 1.61. The molecule has 0 saturated heterocycles. The Morgan fingerprint density at radius 3 is 2.29 bits per heavy atom. The zero-order chi connectivity index (χ0) is 26.7. The van der Waals surface area contributed by atoms with Crippen molar-refractivity contribution in [3.05, 3.63) is 131 Å². The average molecular weight is 504 g/mol. The van der Waals surface area contributed by atoms with Crippen LogP contribution in [-0.4, -0.2) is 24.6 Å². The molecular weight excluding hydrogens is 474 g/mol. The van der Waals surface area contributed by atoms with E-state index in [0.29, 0.717) is 17.9 Å².